The Labute approximate surface area is 251 Å². The van der Waals surface area contributed by atoms with E-state index in [2.05, 4.69) is 13.4 Å². The largest absolute Gasteiger partial charge is 1.00 e. The van der Waals surface area contributed by atoms with Crippen molar-refractivity contribution >= 4 is 15.6 Å². The number of nitrogens with zero attached hydrogens (tertiary/aromatic N) is 1. The number of hydrogen-bond donors (Lipinski definition) is 6. The molecule has 2 fully saturated rings. The molecule has 0 spiro atoms. The second kappa shape index (κ2) is 14.0. The van der Waals surface area contributed by atoms with E-state index in [-0.39, 0.29) is 59.1 Å². The number of aliphatic hydroxyl groups is 5. The molecule has 6 N–H and O–H groups in total. The minimum Gasteiger partial charge on any atom is -0.756 e. The summed E-state index contributed by atoms with van der Waals surface area (Å²) in [5.74, 6) is 0. The summed E-state index contributed by atoms with van der Waals surface area (Å²) in [7, 11) is -11.6. The standard InChI is InChI=1S/C15H24N2O16P2.2Na/c1-5-8(19)10(21)12(23)14(30-5)32-35(27,28)33-34(25,26)29-4-6-9(20)11(22)13(31-6)17-3-2-7(18)16-15(17)24;;/h2-3,5-6,8-14,19-23H,4H2,1H3,(H,25,26)(H,27,28)(H,16,18,24);;/q;2*+1/p-2/t5?,6-,8?,9-,10?,11-,12?,13-,14?;;/m1../s1. The molecule has 0 amide bonds. The van der Waals surface area contributed by atoms with E-state index in [1.165, 1.54) is 6.92 Å². The molecule has 1 aromatic rings. The van der Waals surface area contributed by atoms with Gasteiger partial charge in [-0.1, -0.05) is 0 Å². The van der Waals surface area contributed by atoms with Crippen molar-refractivity contribution in [3.63, 3.8) is 0 Å². The first-order valence-electron chi connectivity index (χ1n) is 9.81. The van der Waals surface area contributed by atoms with Gasteiger partial charge in [-0.15, -0.1) is 0 Å². The second-order valence-electron chi connectivity index (χ2n) is 7.62. The maximum absolute atomic E-state index is 12.0. The third-order valence-corrected chi connectivity index (χ3v) is 7.63. The van der Waals surface area contributed by atoms with E-state index in [4.69, 9.17) is 9.47 Å². The first-order valence-corrected chi connectivity index (χ1v) is 12.7. The fourth-order valence-corrected chi connectivity index (χ4v) is 5.36. The van der Waals surface area contributed by atoms with Crippen LogP contribution in [0.25, 0.3) is 0 Å². The van der Waals surface area contributed by atoms with Gasteiger partial charge in [0.2, 0.25) is 0 Å². The van der Waals surface area contributed by atoms with E-state index in [0.717, 1.165) is 12.3 Å². The van der Waals surface area contributed by atoms with Gasteiger partial charge in [0.05, 0.1) is 12.7 Å². The Morgan fingerprint density at radius 2 is 1.59 bits per heavy atom. The van der Waals surface area contributed by atoms with Crippen LogP contribution in [0.5, 0.6) is 0 Å². The summed E-state index contributed by atoms with van der Waals surface area (Å²) in [5.41, 5.74) is -1.75. The van der Waals surface area contributed by atoms with E-state index in [9.17, 15) is 54.0 Å². The molecule has 2 aliphatic heterocycles. The van der Waals surface area contributed by atoms with Crippen molar-refractivity contribution in [2.45, 2.75) is 62.2 Å². The first-order chi connectivity index (χ1) is 16.1. The fraction of sp³-hybridized carbons (Fsp3) is 0.733. The van der Waals surface area contributed by atoms with Crippen molar-refractivity contribution < 1.29 is 126 Å². The molecule has 3 rings (SSSR count). The summed E-state index contributed by atoms with van der Waals surface area (Å²) in [4.78, 5) is 48.9. The quantitative estimate of drug-likeness (QED) is 0.120. The molecule has 0 aliphatic carbocycles. The molecule has 0 aromatic carbocycles. The zero-order valence-electron chi connectivity index (χ0n) is 19.6. The minimum atomic E-state index is -5.81. The van der Waals surface area contributed by atoms with E-state index >= 15 is 0 Å². The molecule has 2 saturated heterocycles. The summed E-state index contributed by atoms with van der Waals surface area (Å²) >= 11 is 0. The van der Waals surface area contributed by atoms with Crippen LogP contribution >= 0.6 is 15.6 Å². The number of phosphoric acid groups is 2. The minimum absolute atomic E-state index is 0. The zero-order valence-corrected chi connectivity index (χ0v) is 25.4. The topological polar surface area (TPSA) is 282 Å². The van der Waals surface area contributed by atoms with Crippen LogP contribution in [-0.4, -0.2) is 90.7 Å². The number of aliphatic hydroxyl groups excluding tert-OH is 5. The van der Waals surface area contributed by atoms with Crippen LogP contribution in [0.1, 0.15) is 13.2 Å². The smallest absolute Gasteiger partial charge is 0.756 e. The Kier molecular flexibility index (Phi) is 13.5. The zero-order chi connectivity index (χ0) is 26.3. The van der Waals surface area contributed by atoms with Crippen molar-refractivity contribution in [2.75, 3.05) is 6.61 Å². The fourth-order valence-electron chi connectivity index (χ4n) is 3.28. The van der Waals surface area contributed by atoms with Crippen molar-refractivity contribution in [1.29, 1.82) is 0 Å². The number of nitrogens with one attached hydrogen (secondary N) is 1. The molecular formula is C15H22N2Na2O16P2. The molecule has 22 heteroatoms. The number of aromatic amines is 1. The van der Waals surface area contributed by atoms with Crippen LogP contribution in [-0.2, 0) is 32.0 Å². The molecule has 0 radical (unpaired) electrons. The third-order valence-electron chi connectivity index (χ3n) is 5.10. The number of phosphoric ester groups is 2. The molecule has 0 saturated carbocycles. The normalized spacial score (nSPS) is 37.0. The van der Waals surface area contributed by atoms with Gasteiger partial charge in [0.25, 0.3) is 21.2 Å². The summed E-state index contributed by atoms with van der Waals surface area (Å²) in [6, 6.07) is 0.923. The predicted octanol–water partition coefficient (Wildman–Crippen LogP) is -11.0. The Morgan fingerprint density at radius 3 is 2.19 bits per heavy atom. The van der Waals surface area contributed by atoms with Crippen molar-refractivity contribution in [1.82, 2.24) is 9.55 Å². The Bertz CT molecular complexity index is 1120. The molecule has 0 bridgehead atoms. The van der Waals surface area contributed by atoms with Crippen LogP contribution in [0.15, 0.2) is 21.9 Å². The SMILES string of the molecule is CC1OC(OP(=O)([O-])OP(=O)([O-])OC[C@H]2O[C@@H](n3ccc(=O)[nH]c3=O)[C@H](O)[C@@H]2O)C(O)C(O)C1O.[Na+].[Na+]. The Morgan fingerprint density at radius 1 is 0.973 bits per heavy atom. The molecule has 3 heterocycles. The van der Waals surface area contributed by atoms with E-state index in [0.29, 0.717) is 4.57 Å². The molecule has 1 aromatic heterocycles. The number of hydrogen-bond acceptors (Lipinski definition) is 16. The Balaban J connectivity index is 0.00000342. The average molecular weight is 594 g/mol. The molecule has 200 valence electrons. The van der Waals surface area contributed by atoms with Crippen LogP contribution in [0, 0.1) is 0 Å². The van der Waals surface area contributed by atoms with E-state index in [1.807, 2.05) is 4.98 Å². The van der Waals surface area contributed by atoms with Gasteiger partial charge in [0, 0.05) is 12.3 Å². The molecule has 18 nitrogen and oxygen atoms in total. The van der Waals surface area contributed by atoms with Gasteiger partial charge in [-0.05, 0) is 6.92 Å². The Hall–Kier alpha value is 0.660. The van der Waals surface area contributed by atoms with Gasteiger partial charge in [0.15, 0.2) is 12.5 Å². The van der Waals surface area contributed by atoms with Crippen LogP contribution < -0.4 is 80.2 Å². The summed E-state index contributed by atoms with van der Waals surface area (Å²) in [5, 5.41) is 49.2. The summed E-state index contributed by atoms with van der Waals surface area (Å²) < 4.78 is 47.3. The molecule has 37 heavy (non-hydrogen) atoms. The second-order valence-corrected chi connectivity index (χ2v) is 10.5. The maximum atomic E-state index is 12.0. The van der Waals surface area contributed by atoms with Gasteiger partial charge in [-0.25, -0.2) is 9.11 Å². The number of H-pyrrole nitrogens is 1. The van der Waals surface area contributed by atoms with Crippen molar-refractivity contribution in [3.05, 3.63) is 33.1 Å². The van der Waals surface area contributed by atoms with E-state index in [1.54, 1.807) is 0 Å². The maximum Gasteiger partial charge on any atom is 1.00 e. The summed E-state index contributed by atoms with van der Waals surface area (Å²) in [6.45, 7) is 0.127. The number of rotatable bonds is 8. The molecule has 2 aliphatic rings. The van der Waals surface area contributed by atoms with Crippen molar-refractivity contribution in [3.8, 4) is 0 Å². The number of ether oxygens (including phenoxy) is 2. The average Bonchev–Trinajstić information content (AvgIpc) is 3.02. The van der Waals surface area contributed by atoms with Gasteiger partial charge < -0.3 is 49.3 Å². The number of aromatic nitrogens is 2. The molecule has 11 atom stereocenters. The van der Waals surface area contributed by atoms with Crippen LogP contribution in [0.2, 0.25) is 0 Å². The molecular weight excluding hydrogens is 572 g/mol. The van der Waals surface area contributed by atoms with Gasteiger partial charge >= 0.3 is 64.8 Å². The molecule has 7 unspecified atom stereocenters. The monoisotopic (exact) mass is 594 g/mol. The van der Waals surface area contributed by atoms with Crippen LogP contribution in [0.3, 0.4) is 0 Å². The van der Waals surface area contributed by atoms with Gasteiger partial charge in [-0.3, -0.25) is 28.0 Å². The van der Waals surface area contributed by atoms with Crippen molar-refractivity contribution in [2.24, 2.45) is 0 Å². The summed E-state index contributed by atoms with van der Waals surface area (Å²) in [6.07, 6.45) is -14.7. The van der Waals surface area contributed by atoms with Crippen LogP contribution in [0.4, 0.5) is 0 Å². The van der Waals surface area contributed by atoms with E-state index < -0.39 is 88.7 Å². The van der Waals surface area contributed by atoms with Gasteiger partial charge in [0.1, 0.15) is 36.6 Å². The predicted molar refractivity (Wildman–Crippen MR) is 103 cm³/mol. The van der Waals surface area contributed by atoms with Gasteiger partial charge in [-0.2, -0.15) is 0 Å². The third kappa shape index (κ3) is 8.82. The first kappa shape index (κ1) is 35.7.